The van der Waals surface area contributed by atoms with Crippen LogP contribution in [0.1, 0.15) is 24.5 Å². The highest BCUT2D eigenvalue weighted by Crippen LogP contribution is 2.07. The molecule has 0 aliphatic rings. The summed E-state index contributed by atoms with van der Waals surface area (Å²) >= 11 is 1.70. The van der Waals surface area contributed by atoms with Gasteiger partial charge < -0.3 is 15.5 Å². The Bertz CT molecular complexity index is 408. The summed E-state index contributed by atoms with van der Waals surface area (Å²) in [6, 6.07) is 0. The highest BCUT2D eigenvalue weighted by atomic mass is 127. The van der Waals surface area contributed by atoms with Gasteiger partial charge in [0.1, 0.15) is 0 Å². The van der Waals surface area contributed by atoms with Crippen LogP contribution in [0.3, 0.4) is 0 Å². The van der Waals surface area contributed by atoms with Crippen LogP contribution in [0.15, 0.2) is 10.4 Å². The van der Waals surface area contributed by atoms with Gasteiger partial charge in [-0.25, -0.2) is 4.98 Å². The quantitative estimate of drug-likeness (QED) is 0.381. The second-order valence-corrected chi connectivity index (χ2v) is 5.75. The zero-order valence-electron chi connectivity index (χ0n) is 13.5. The summed E-state index contributed by atoms with van der Waals surface area (Å²) in [4.78, 5) is 11.3. The Morgan fingerprint density at radius 1 is 1.38 bits per heavy atom. The van der Waals surface area contributed by atoms with E-state index in [9.17, 15) is 0 Å². The van der Waals surface area contributed by atoms with Gasteiger partial charge in [-0.1, -0.05) is 6.92 Å². The molecular weight excluding hydrogens is 397 g/mol. The molecule has 0 aliphatic carbocycles. The second-order valence-electron chi connectivity index (χ2n) is 4.69. The van der Waals surface area contributed by atoms with Crippen molar-refractivity contribution in [2.75, 3.05) is 39.8 Å². The fraction of sp³-hybridized carbons (Fsp3) is 0.714. The number of hydrogen-bond donors (Lipinski definition) is 2. The molecule has 0 amide bonds. The lowest BCUT2D eigenvalue weighted by Crippen LogP contribution is -2.39. The van der Waals surface area contributed by atoms with Gasteiger partial charge in [0.05, 0.1) is 17.2 Å². The number of nitrogens with zero attached hydrogens (tertiary/aromatic N) is 3. The topological polar surface area (TPSA) is 52.6 Å². The van der Waals surface area contributed by atoms with Crippen LogP contribution < -0.4 is 10.6 Å². The number of aryl methyl sites for hydroxylation is 1. The first-order valence-corrected chi connectivity index (χ1v) is 8.15. The number of aromatic nitrogens is 1. The third-order valence-electron chi connectivity index (χ3n) is 2.98. The molecule has 0 spiro atoms. The van der Waals surface area contributed by atoms with E-state index < -0.39 is 0 Å². The molecule has 0 atom stereocenters. The zero-order valence-corrected chi connectivity index (χ0v) is 16.6. The Labute approximate surface area is 149 Å². The molecule has 5 nitrogen and oxygen atoms in total. The largest absolute Gasteiger partial charge is 0.357 e. The van der Waals surface area contributed by atoms with Crippen LogP contribution in [-0.2, 0) is 6.42 Å². The summed E-state index contributed by atoms with van der Waals surface area (Å²) < 4.78 is 0. The average molecular weight is 425 g/mol. The summed E-state index contributed by atoms with van der Waals surface area (Å²) in [5.74, 6) is 0.893. The molecule has 0 saturated heterocycles. The average Bonchev–Trinajstić information content (AvgIpc) is 2.84. The summed E-state index contributed by atoms with van der Waals surface area (Å²) in [5.41, 5.74) is 1.15. The normalized spacial score (nSPS) is 11.4. The van der Waals surface area contributed by atoms with Gasteiger partial charge >= 0.3 is 0 Å². The summed E-state index contributed by atoms with van der Waals surface area (Å²) in [6.45, 7) is 10.9. The van der Waals surface area contributed by atoms with E-state index in [-0.39, 0.29) is 24.0 Å². The second kappa shape index (κ2) is 12.2. The van der Waals surface area contributed by atoms with Crippen molar-refractivity contribution in [3.05, 3.63) is 16.1 Å². The van der Waals surface area contributed by atoms with Crippen molar-refractivity contribution < 1.29 is 0 Å². The Hall–Kier alpha value is -0.410. The lowest BCUT2D eigenvalue weighted by atomic mass is 10.3. The van der Waals surface area contributed by atoms with Crippen LogP contribution in [-0.4, -0.2) is 55.6 Å². The van der Waals surface area contributed by atoms with Crippen LogP contribution in [0.2, 0.25) is 0 Å². The maximum absolute atomic E-state index is 4.57. The van der Waals surface area contributed by atoms with Crippen LogP contribution in [0, 0.1) is 6.92 Å². The van der Waals surface area contributed by atoms with E-state index in [2.05, 4.69) is 51.8 Å². The fourth-order valence-corrected chi connectivity index (χ4v) is 2.31. The minimum Gasteiger partial charge on any atom is -0.357 e. The first-order valence-electron chi connectivity index (χ1n) is 7.27. The van der Waals surface area contributed by atoms with Crippen molar-refractivity contribution in [3.63, 3.8) is 0 Å². The van der Waals surface area contributed by atoms with E-state index in [0.717, 1.165) is 55.8 Å². The Morgan fingerprint density at radius 3 is 2.71 bits per heavy atom. The van der Waals surface area contributed by atoms with Crippen molar-refractivity contribution in [1.29, 1.82) is 0 Å². The van der Waals surface area contributed by atoms with Crippen LogP contribution in [0.25, 0.3) is 0 Å². The summed E-state index contributed by atoms with van der Waals surface area (Å²) in [5, 5.41) is 9.87. The number of aliphatic imine (C=N–C) groups is 1. The minimum absolute atomic E-state index is 0. The monoisotopic (exact) mass is 425 g/mol. The van der Waals surface area contributed by atoms with Crippen molar-refractivity contribution in [2.45, 2.75) is 27.2 Å². The number of thiazole rings is 1. The number of likely N-dealkylation sites (N-methyl/N-ethyl adjacent to an activating group) is 1. The molecule has 2 N–H and O–H groups in total. The van der Waals surface area contributed by atoms with E-state index >= 15 is 0 Å². The molecule has 0 bridgehead atoms. The fourth-order valence-electron chi connectivity index (χ4n) is 1.66. The molecule has 1 aromatic heterocycles. The van der Waals surface area contributed by atoms with Gasteiger partial charge in [0, 0.05) is 31.4 Å². The van der Waals surface area contributed by atoms with E-state index in [1.54, 1.807) is 11.3 Å². The van der Waals surface area contributed by atoms with Crippen molar-refractivity contribution in [1.82, 2.24) is 20.5 Å². The number of rotatable bonds is 8. The Morgan fingerprint density at radius 2 is 2.14 bits per heavy atom. The molecular formula is C14H28IN5S. The van der Waals surface area contributed by atoms with E-state index in [1.165, 1.54) is 0 Å². The number of guanidine groups is 1. The number of halogens is 1. The molecule has 1 rings (SSSR count). The third-order valence-corrected chi connectivity index (χ3v) is 3.80. The maximum atomic E-state index is 4.57. The van der Waals surface area contributed by atoms with Gasteiger partial charge in [0.15, 0.2) is 5.96 Å². The third kappa shape index (κ3) is 9.26. The van der Waals surface area contributed by atoms with Gasteiger partial charge in [-0.2, -0.15) is 0 Å². The van der Waals surface area contributed by atoms with Crippen LogP contribution in [0.5, 0.6) is 0 Å². The van der Waals surface area contributed by atoms with E-state index in [4.69, 9.17) is 0 Å². The molecule has 0 radical (unpaired) electrons. The van der Waals surface area contributed by atoms with E-state index in [1.807, 2.05) is 6.92 Å². The van der Waals surface area contributed by atoms with Crippen molar-refractivity contribution in [2.24, 2.45) is 4.99 Å². The number of hydrogen-bond acceptors (Lipinski definition) is 4. The highest BCUT2D eigenvalue weighted by Gasteiger charge is 2.00. The van der Waals surface area contributed by atoms with Gasteiger partial charge in [-0.05, 0) is 27.4 Å². The predicted octanol–water partition coefficient (Wildman–Crippen LogP) is 2.12. The first-order chi connectivity index (χ1) is 9.65. The zero-order chi connectivity index (χ0) is 14.8. The van der Waals surface area contributed by atoms with Crippen LogP contribution in [0.4, 0.5) is 0 Å². The Balaban J connectivity index is 0.00000400. The highest BCUT2D eigenvalue weighted by molar-refractivity contribution is 14.0. The molecule has 0 aromatic carbocycles. The Kier molecular flexibility index (Phi) is 11.9. The molecule has 1 heterocycles. The molecule has 0 unspecified atom stereocenters. The van der Waals surface area contributed by atoms with Gasteiger partial charge in [-0.15, -0.1) is 35.3 Å². The summed E-state index contributed by atoms with van der Waals surface area (Å²) in [6.07, 6.45) is 0.934. The van der Waals surface area contributed by atoms with E-state index in [0.29, 0.717) is 0 Å². The standard InChI is InChI=1S/C14H27N5S.HI/c1-5-15-14(17-9-10-19(4)6-2)16-8-7-13-11-20-12(3)18-13;/h11H,5-10H2,1-4H3,(H2,15,16,17);1H. The molecule has 0 aliphatic heterocycles. The van der Waals surface area contributed by atoms with Crippen molar-refractivity contribution >= 4 is 41.3 Å². The smallest absolute Gasteiger partial charge is 0.191 e. The molecule has 0 fully saturated rings. The van der Waals surface area contributed by atoms with Crippen molar-refractivity contribution in [3.8, 4) is 0 Å². The van der Waals surface area contributed by atoms with Crippen LogP contribution >= 0.6 is 35.3 Å². The lowest BCUT2D eigenvalue weighted by molar-refractivity contribution is 0.363. The molecule has 122 valence electrons. The number of nitrogens with one attached hydrogen (secondary N) is 2. The first kappa shape index (κ1) is 20.6. The van der Waals surface area contributed by atoms with Gasteiger partial charge in [0.2, 0.25) is 0 Å². The van der Waals surface area contributed by atoms with Gasteiger partial charge in [0.25, 0.3) is 0 Å². The lowest BCUT2D eigenvalue weighted by Gasteiger charge is -2.14. The molecule has 0 saturated carbocycles. The predicted molar refractivity (Wildman–Crippen MR) is 103 cm³/mol. The molecule has 1 aromatic rings. The minimum atomic E-state index is 0. The molecule has 7 heteroatoms. The summed E-state index contributed by atoms with van der Waals surface area (Å²) in [7, 11) is 2.11. The molecule has 21 heavy (non-hydrogen) atoms. The SMILES string of the molecule is CCNC(=NCCN(C)CC)NCCc1csc(C)n1.I. The maximum Gasteiger partial charge on any atom is 0.191 e. The van der Waals surface area contributed by atoms with Gasteiger partial charge in [-0.3, -0.25) is 4.99 Å².